The van der Waals surface area contributed by atoms with Crippen LogP contribution in [-0.4, -0.2) is 58.7 Å². The quantitative estimate of drug-likeness (QED) is 0.396. The van der Waals surface area contributed by atoms with E-state index in [-0.39, 0.29) is 11.5 Å². The molecular formula is C33H34N4O3. The van der Waals surface area contributed by atoms with Gasteiger partial charge in [0, 0.05) is 43.9 Å². The Balaban J connectivity index is 1.08. The van der Waals surface area contributed by atoms with Crippen molar-refractivity contribution in [3.63, 3.8) is 0 Å². The van der Waals surface area contributed by atoms with Crippen molar-refractivity contribution in [1.29, 1.82) is 0 Å². The summed E-state index contributed by atoms with van der Waals surface area (Å²) >= 11 is 0. The summed E-state index contributed by atoms with van der Waals surface area (Å²) in [7, 11) is 2.23. The monoisotopic (exact) mass is 534 g/mol. The molecular weight excluding hydrogens is 500 g/mol. The molecule has 1 amide bonds. The Hall–Kier alpha value is -3.97. The van der Waals surface area contributed by atoms with E-state index in [2.05, 4.69) is 63.4 Å². The van der Waals surface area contributed by atoms with Gasteiger partial charge in [-0.3, -0.25) is 14.5 Å². The van der Waals surface area contributed by atoms with Crippen LogP contribution < -0.4 is 10.3 Å². The highest BCUT2D eigenvalue weighted by molar-refractivity contribution is 5.98. The van der Waals surface area contributed by atoms with Gasteiger partial charge in [0.25, 0.3) is 11.5 Å². The van der Waals surface area contributed by atoms with Gasteiger partial charge in [0.15, 0.2) is 0 Å². The van der Waals surface area contributed by atoms with Gasteiger partial charge in [0.05, 0.1) is 23.3 Å². The molecule has 0 spiro atoms. The number of hydrogen-bond acceptors (Lipinski definition) is 5. The first kappa shape index (κ1) is 25.0. The summed E-state index contributed by atoms with van der Waals surface area (Å²) in [5.41, 5.74) is 4.71. The van der Waals surface area contributed by atoms with Crippen LogP contribution >= 0.6 is 0 Å². The van der Waals surface area contributed by atoms with Gasteiger partial charge in [0.1, 0.15) is 5.75 Å². The first-order valence-electron chi connectivity index (χ1n) is 14.3. The number of nitrogens with zero attached hydrogens (tertiary/aromatic N) is 3. The molecule has 7 nitrogen and oxygen atoms in total. The van der Waals surface area contributed by atoms with Crippen LogP contribution in [0.25, 0.3) is 10.8 Å². The predicted molar refractivity (Wildman–Crippen MR) is 155 cm³/mol. The molecule has 1 N–H and O–H groups in total. The Kier molecular flexibility index (Phi) is 6.39. The van der Waals surface area contributed by atoms with Crippen molar-refractivity contribution in [3.05, 3.63) is 105 Å². The van der Waals surface area contributed by atoms with Crippen molar-refractivity contribution >= 4 is 16.7 Å². The van der Waals surface area contributed by atoms with Gasteiger partial charge in [-0.1, -0.05) is 54.6 Å². The highest BCUT2D eigenvalue weighted by Gasteiger charge is 2.44. The molecule has 3 aromatic carbocycles. The lowest BCUT2D eigenvalue weighted by Crippen LogP contribution is -2.34. The molecule has 1 aliphatic carbocycles. The van der Waals surface area contributed by atoms with Crippen LogP contribution in [0.15, 0.2) is 71.5 Å². The fraction of sp³-hybridized carbons (Fsp3) is 0.364. The first-order chi connectivity index (χ1) is 19.5. The average molecular weight is 535 g/mol. The molecule has 1 saturated carbocycles. The third-order valence-electron chi connectivity index (χ3n) is 9.13. The predicted octanol–water partition coefficient (Wildman–Crippen LogP) is 4.43. The first-order valence-corrected chi connectivity index (χ1v) is 14.3. The number of fused-ring (bicyclic) bond motifs is 3. The molecule has 7 rings (SSSR count). The minimum atomic E-state index is -0.189. The number of ether oxygens (including phenoxy) is 1. The number of aromatic amines is 1. The van der Waals surface area contributed by atoms with E-state index in [1.54, 1.807) is 0 Å². The molecule has 40 heavy (non-hydrogen) atoms. The summed E-state index contributed by atoms with van der Waals surface area (Å²) in [6, 6.07) is 22.9. The number of nitrogens with one attached hydrogen (secondary N) is 1. The SMILES string of the molecule is CN(Cc1ccccc1)C1CC2CN(C(=O)c3cc(Cc4n[nH]c(=O)c5ccccc45)cc4c3OCC4)CC2C1. The topological polar surface area (TPSA) is 78.5 Å². The molecule has 3 heterocycles. The third kappa shape index (κ3) is 4.58. The molecule has 0 radical (unpaired) electrons. The number of H-pyrrole nitrogens is 1. The molecule has 0 bridgehead atoms. The Labute approximate surface area is 233 Å². The molecule has 1 aromatic heterocycles. The molecule has 2 atom stereocenters. The lowest BCUT2D eigenvalue weighted by molar-refractivity contribution is 0.0770. The van der Waals surface area contributed by atoms with Crippen LogP contribution in [0.3, 0.4) is 0 Å². The normalized spacial score (nSPS) is 21.6. The van der Waals surface area contributed by atoms with Crippen molar-refractivity contribution in [2.24, 2.45) is 11.8 Å². The number of aromatic nitrogens is 2. The molecule has 1 saturated heterocycles. The van der Waals surface area contributed by atoms with E-state index in [1.807, 2.05) is 30.3 Å². The number of carbonyl (C=O) groups is 1. The van der Waals surface area contributed by atoms with Crippen LogP contribution in [0.4, 0.5) is 0 Å². The standard InChI is InChI=1S/C33H34N4O3/c1-36(18-21-7-3-2-4-8-21)26-16-24-19-37(20-25(24)17-26)33(39)29-14-22(13-23-11-12-40-31(23)29)15-30-27-9-5-6-10-28(27)32(38)35-34-30/h2-10,13-14,24-26H,11-12,15-20H2,1H3,(H,35,38). The maximum Gasteiger partial charge on any atom is 0.272 e. The zero-order chi connectivity index (χ0) is 27.2. The lowest BCUT2D eigenvalue weighted by atomic mass is 9.98. The Bertz CT molecular complexity index is 1620. The highest BCUT2D eigenvalue weighted by Crippen LogP contribution is 2.42. The zero-order valence-corrected chi connectivity index (χ0v) is 22.8. The number of carbonyl (C=O) groups excluding carboxylic acids is 1. The second-order valence-electron chi connectivity index (χ2n) is 11.7. The third-order valence-corrected chi connectivity index (χ3v) is 9.13. The van der Waals surface area contributed by atoms with Crippen molar-refractivity contribution in [2.75, 3.05) is 26.7 Å². The summed E-state index contributed by atoms with van der Waals surface area (Å²) in [6.07, 6.45) is 3.60. The van der Waals surface area contributed by atoms with Gasteiger partial charge in [-0.15, -0.1) is 0 Å². The largest absolute Gasteiger partial charge is 0.492 e. The molecule has 204 valence electrons. The van der Waals surface area contributed by atoms with Gasteiger partial charge in [-0.25, -0.2) is 5.10 Å². The Morgan fingerprint density at radius 2 is 1.73 bits per heavy atom. The van der Waals surface area contributed by atoms with E-state index < -0.39 is 0 Å². The van der Waals surface area contributed by atoms with Gasteiger partial charge >= 0.3 is 0 Å². The number of hydrogen-bond donors (Lipinski definition) is 1. The van der Waals surface area contributed by atoms with Crippen LogP contribution in [0, 0.1) is 11.8 Å². The van der Waals surface area contributed by atoms with Gasteiger partial charge < -0.3 is 9.64 Å². The van der Waals surface area contributed by atoms with Crippen molar-refractivity contribution in [1.82, 2.24) is 20.0 Å². The maximum atomic E-state index is 13.9. The van der Waals surface area contributed by atoms with Crippen LogP contribution in [0.1, 0.15) is 45.6 Å². The van der Waals surface area contributed by atoms with Gasteiger partial charge in [0.2, 0.25) is 0 Å². The van der Waals surface area contributed by atoms with E-state index in [1.165, 1.54) is 5.56 Å². The highest BCUT2D eigenvalue weighted by atomic mass is 16.5. The zero-order valence-electron chi connectivity index (χ0n) is 22.8. The number of benzene rings is 3. The number of amides is 1. The van der Waals surface area contributed by atoms with Gasteiger partial charge in [-0.05, 0) is 60.5 Å². The fourth-order valence-corrected chi connectivity index (χ4v) is 7.10. The summed E-state index contributed by atoms with van der Waals surface area (Å²) in [4.78, 5) is 30.7. The van der Waals surface area contributed by atoms with Crippen molar-refractivity contribution in [2.45, 2.75) is 38.3 Å². The molecule has 2 unspecified atom stereocenters. The van der Waals surface area contributed by atoms with Gasteiger partial charge in [-0.2, -0.15) is 5.10 Å². The molecule has 3 aliphatic rings. The smallest absolute Gasteiger partial charge is 0.272 e. The molecule has 2 fully saturated rings. The molecule has 4 aromatic rings. The Morgan fingerprint density at radius 3 is 2.50 bits per heavy atom. The van der Waals surface area contributed by atoms with E-state index in [0.717, 1.165) is 66.9 Å². The number of likely N-dealkylation sites (tertiary alicyclic amines) is 1. The average Bonchev–Trinajstić information content (AvgIpc) is 3.70. The van der Waals surface area contributed by atoms with Crippen molar-refractivity contribution in [3.8, 4) is 5.75 Å². The second-order valence-corrected chi connectivity index (χ2v) is 11.7. The van der Waals surface area contributed by atoms with E-state index in [9.17, 15) is 9.59 Å². The van der Waals surface area contributed by atoms with Crippen LogP contribution in [0.5, 0.6) is 5.75 Å². The minimum Gasteiger partial charge on any atom is -0.492 e. The Morgan fingerprint density at radius 1 is 1.00 bits per heavy atom. The summed E-state index contributed by atoms with van der Waals surface area (Å²) in [5, 5.41) is 8.47. The molecule has 2 aliphatic heterocycles. The maximum absolute atomic E-state index is 13.9. The minimum absolute atomic E-state index is 0.0721. The van der Waals surface area contributed by atoms with E-state index in [0.29, 0.717) is 41.9 Å². The second kappa shape index (κ2) is 10.2. The molecule has 7 heteroatoms. The summed E-state index contributed by atoms with van der Waals surface area (Å²) < 4.78 is 5.98. The number of rotatable bonds is 6. The lowest BCUT2D eigenvalue weighted by Gasteiger charge is -2.27. The fourth-order valence-electron chi connectivity index (χ4n) is 7.10. The van der Waals surface area contributed by atoms with E-state index >= 15 is 0 Å². The van der Waals surface area contributed by atoms with E-state index in [4.69, 9.17) is 4.74 Å². The van der Waals surface area contributed by atoms with Crippen LogP contribution in [0.2, 0.25) is 0 Å². The summed E-state index contributed by atoms with van der Waals surface area (Å²) in [6.45, 7) is 3.18. The summed E-state index contributed by atoms with van der Waals surface area (Å²) in [5.74, 6) is 1.90. The van der Waals surface area contributed by atoms with Crippen LogP contribution in [-0.2, 0) is 19.4 Å². The van der Waals surface area contributed by atoms with Crippen molar-refractivity contribution < 1.29 is 9.53 Å².